The molecule has 1 aliphatic rings. The molecule has 0 atom stereocenters. The fourth-order valence-electron chi connectivity index (χ4n) is 3.90. The molecular weight excluding hydrogens is 348 g/mol. The standard InChI is InChI=1S/C20H29BrN2/c1-13(2)18-16-12-15(6-7-17(16)22-19(18)21)14-8-10-23(11-9-14)20(3,4)5/h6-7,12-14,22H,8-11H2,1-5H3. The monoisotopic (exact) mass is 376 g/mol. The zero-order chi connectivity index (χ0) is 16.8. The molecule has 3 rings (SSSR count). The van der Waals surface area contributed by atoms with Crippen molar-refractivity contribution in [3.8, 4) is 0 Å². The number of H-pyrrole nitrogens is 1. The first kappa shape index (κ1) is 17.0. The lowest BCUT2D eigenvalue weighted by molar-refractivity contribution is 0.102. The smallest absolute Gasteiger partial charge is 0.0866 e. The zero-order valence-corrected chi connectivity index (χ0v) is 16.6. The summed E-state index contributed by atoms with van der Waals surface area (Å²) in [5, 5.41) is 1.39. The van der Waals surface area contributed by atoms with E-state index in [2.05, 4.69) is 78.6 Å². The lowest BCUT2D eigenvalue weighted by Gasteiger charge is -2.41. The number of hydrogen-bond acceptors (Lipinski definition) is 1. The lowest BCUT2D eigenvalue weighted by Crippen LogP contribution is -2.45. The van der Waals surface area contributed by atoms with Crippen LogP contribution in [0.2, 0.25) is 0 Å². The average molecular weight is 377 g/mol. The Kier molecular flexibility index (Phi) is 4.63. The highest BCUT2D eigenvalue weighted by atomic mass is 79.9. The highest BCUT2D eigenvalue weighted by Crippen LogP contribution is 2.37. The number of hydrogen-bond donors (Lipinski definition) is 1. The summed E-state index contributed by atoms with van der Waals surface area (Å²) in [5.41, 5.74) is 4.47. The minimum atomic E-state index is 0.297. The lowest BCUT2D eigenvalue weighted by atomic mass is 9.86. The summed E-state index contributed by atoms with van der Waals surface area (Å²) in [7, 11) is 0. The van der Waals surface area contributed by atoms with Gasteiger partial charge in [-0.1, -0.05) is 19.9 Å². The van der Waals surface area contributed by atoms with Crippen LogP contribution in [-0.2, 0) is 0 Å². The van der Waals surface area contributed by atoms with Gasteiger partial charge < -0.3 is 4.98 Å². The average Bonchev–Trinajstić information content (AvgIpc) is 2.81. The maximum atomic E-state index is 3.70. The Morgan fingerprint density at radius 1 is 1.17 bits per heavy atom. The van der Waals surface area contributed by atoms with Crippen LogP contribution in [0.3, 0.4) is 0 Å². The van der Waals surface area contributed by atoms with E-state index in [1.807, 2.05) is 0 Å². The van der Waals surface area contributed by atoms with Crippen molar-refractivity contribution in [2.75, 3.05) is 13.1 Å². The minimum absolute atomic E-state index is 0.297. The topological polar surface area (TPSA) is 19.0 Å². The Balaban J connectivity index is 1.86. The molecule has 1 aromatic heterocycles. The Morgan fingerprint density at radius 2 is 1.83 bits per heavy atom. The number of aromatic amines is 1. The first-order valence-electron chi connectivity index (χ1n) is 8.83. The van der Waals surface area contributed by atoms with Gasteiger partial charge in [0.05, 0.1) is 4.60 Å². The Labute approximate surface area is 148 Å². The summed E-state index contributed by atoms with van der Waals surface area (Å²) < 4.78 is 1.14. The molecule has 2 nitrogen and oxygen atoms in total. The highest BCUT2D eigenvalue weighted by Gasteiger charge is 2.27. The van der Waals surface area contributed by atoms with Crippen LogP contribution in [0, 0.1) is 0 Å². The molecule has 1 aromatic carbocycles. The Hall–Kier alpha value is -0.800. The second-order valence-electron chi connectivity index (χ2n) is 8.24. The van der Waals surface area contributed by atoms with Gasteiger partial charge in [-0.25, -0.2) is 0 Å². The van der Waals surface area contributed by atoms with E-state index >= 15 is 0 Å². The molecule has 0 radical (unpaired) electrons. The van der Waals surface area contributed by atoms with Gasteiger partial charge in [-0.15, -0.1) is 0 Å². The summed E-state index contributed by atoms with van der Waals surface area (Å²) in [5.74, 6) is 1.22. The van der Waals surface area contributed by atoms with Crippen molar-refractivity contribution < 1.29 is 0 Å². The highest BCUT2D eigenvalue weighted by molar-refractivity contribution is 9.10. The van der Waals surface area contributed by atoms with Gasteiger partial charge in [0.2, 0.25) is 0 Å². The van der Waals surface area contributed by atoms with E-state index in [-0.39, 0.29) is 0 Å². The number of likely N-dealkylation sites (tertiary alicyclic amines) is 1. The van der Waals surface area contributed by atoms with E-state index in [4.69, 9.17) is 0 Å². The summed E-state index contributed by atoms with van der Waals surface area (Å²) in [6.07, 6.45) is 2.54. The van der Waals surface area contributed by atoms with Crippen LogP contribution in [-0.4, -0.2) is 28.5 Å². The molecule has 126 valence electrons. The van der Waals surface area contributed by atoms with Gasteiger partial charge >= 0.3 is 0 Å². The summed E-state index contributed by atoms with van der Waals surface area (Å²) in [6, 6.07) is 7.02. The predicted octanol–water partition coefficient (Wildman–Crippen LogP) is 6.03. The molecule has 23 heavy (non-hydrogen) atoms. The van der Waals surface area contributed by atoms with Crippen LogP contribution >= 0.6 is 15.9 Å². The number of nitrogens with zero attached hydrogens (tertiary/aromatic N) is 1. The number of benzene rings is 1. The second-order valence-corrected chi connectivity index (χ2v) is 9.04. The van der Waals surface area contributed by atoms with Gasteiger partial charge in [0.15, 0.2) is 0 Å². The van der Waals surface area contributed by atoms with E-state index in [0.717, 1.165) is 4.60 Å². The van der Waals surface area contributed by atoms with Crippen molar-refractivity contribution >= 4 is 26.8 Å². The van der Waals surface area contributed by atoms with Crippen molar-refractivity contribution in [2.24, 2.45) is 0 Å². The van der Waals surface area contributed by atoms with Gasteiger partial charge in [0, 0.05) is 16.4 Å². The number of nitrogens with one attached hydrogen (secondary N) is 1. The predicted molar refractivity (Wildman–Crippen MR) is 103 cm³/mol. The van der Waals surface area contributed by atoms with Crippen LogP contribution in [0.1, 0.15) is 70.4 Å². The Bertz CT molecular complexity index is 685. The molecule has 0 aliphatic carbocycles. The molecule has 2 aromatic rings. The van der Waals surface area contributed by atoms with Crippen LogP contribution < -0.4 is 0 Å². The second kappa shape index (κ2) is 6.25. The maximum absolute atomic E-state index is 3.70. The normalized spacial score (nSPS) is 18.2. The third-order valence-corrected chi connectivity index (χ3v) is 5.93. The maximum Gasteiger partial charge on any atom is 0.0866 e. The van der Waals surface area contributed by atoms with Crippen LogP contribution in [0.4, 0.5) is 0 Å². The van der Waals surface area contributed by atoms with Crippen molar-refractivity contribution in [1.29, 1.82) is 0 Å². The van der Waals surface area contributed by atoms with Crippen molar-refractivity contribution in [2.45, 2.75) is 64.8 Å². The van der Waals surface area contributed by atoms with E-state index in [1.54, 1.807) is 0 Å². The van der Waals surface area contributed by atoms with Crippen LogP contribution in [0.15, 0.2) is 22.8 Å². The molecule has 0 bridgehead atoms. The third-order valence-electron chi connectivity index (χ3n) is 5.31. The molecule has 0 unspecified atom stereocenters. The molecule has 1 saturated heterocycles. The van der Waals surface area contributed by atoms with Crippen LogP contribution in [0.25, 0.3) is 10.9 Å². The number of fused-ring (bicyclic) bond motifs is 1. The van der Waals surface area contributed by atoms with Gasteiger partial charge in [-0.3, -0.25) is 4.90 Å². The molecular formula is C20H29BrN2. The molecule has 1 N–H and O–H groups in total. The summed E-state index contributed by atoms with van der Waals surface area (Å²) >= 11 is 3.70. The quantitative estimate of drug-likeness (QED) is 0.677. The number of aromatic nitrogens is 1. The van der Waals surface area contributed by atoms with Gasteiger partial charge in [-0.05, 0) is 97.7 Å². The molecule has 1 aliphatic heterocycles. The Morgan fingerprint density at radius 3 is 2.39 bits per heavy atom. The number of rotatable bonds is 2. The van der Waals surface area contributed by atoms with Crippen molar-refractivity contribution in [1.82, 2.24) is 9.88 Å². The molecule has 3 heteroatoms. The minimum Gasteiger partial charge on any atom is -0.349 e. The molecule has 0 spiro atoms. The van der Waals surface area contributed by atoms with E-state index in [9.17, 15) is 0 Å². The summed E-state index contributed by atoms with van der Waals surface area (Å²) in [6.45, 7) is 13.9. The fourth-order valence-corrected chi connectivity index (χ4v) is 4.78. The SMILES string of the molecule is CC(C)c1c(Br)[nH]c2ccc(C3CCN(C(C)(C)C)CC3)cc12. The fraction of sp³-hybridized carbons (Fsp3) is 0.600. The van der Waals surface area contributed by atoms with Crippen molar-refractivity contribution in [3.63, 3.8) is 0 Å². The first-order chi connectivity index (χ1) is 10.8. The van der Waals surface area contributed by atoms with E-state index in [0.29, 0.717) is 17.4 Å². The zero-order valence-electron chi connectivity index (χ0n) is 15.0. The first-order valence-corrected chi connectivity index (χ1v) is 9.62. The largest absolute Gasteiger partial charge is 0.349 e. The molecule has 1 fully saturated rings. The number of halogens is 1. The third kappa shape index (κ3) is 3.36. The molecule has 0 saturated carbocycles. The summed E-state index contributed by atoms with van der Waals surface area (Å²) in [4.78, 5) is 6.09. The van der Waals surface area contributed by atoms with Gasteiger partial charge in [0.1, 0.15) is 0 Å². The van der Waals surface area contributed by atoms with Gasteiger partial charge in [0.25, 0.3) is 0 Å². The van der Waals surface area contributed by atoms with Crippen LogP contribution in [0.5, 0.6) is 0 Å². The van der Waals surface area contributed by atoms with Crippen molar-refractivity contribution in [3.05, 3.63) is 33.9 Å². The number of piperidine rings is 1. The van der Waals surface area contributed by atoms with E-state index in [1.165, 1.54) is 48.0 Å². The molecule has 0 amide bonds. The molecule has 2 heterocycles. The van der Waals surface area contributed by atoms with Gasteiger partial charge in [-0.2, -0.15) is 0 Å². The van der Waals surface area contributed by atoms with E-state index < -0.39 is 0 Å².